The summed E-state index contributed by atoms with van der Waals surface area (Å²) in [6, 6.07) is 8.07. The third-order valence-corrected chi connectivity index (χ3v) is 5.76. The third kappa shape index (κ3) is 3.28. The molecule has 0 radical (unpaired) electrons. The number of nitrogens with one attached hydrogen (secondary N) is 1. The van der Waals surface area contributed by atoms with E-state index in [-0.39, 0.29) is 0 Å². The molecule has 1 atom stereocenters. The van der Waals surface area contributed by atoms with Gasteiger partial charge in [-0.1, -0.05) is 18.2 Å². The van der Waals surface area contributed by atoms with E-state index in [0.29, 0.717) is 12.6 Å². The van der Waals surface area contributed by atoms with Crippen LogP contribution in [-0.4, -0.2) is 33.3 Å². The summed E-state index contributed by atoms with van der Waals surface area (Å²) >= 11 is 0. The van der Waals surface area contributed by atoms with Crippen LogP contribution < -0.4 is 9.62 Å². The molecule has 0 bridgehead atoms. The highest BCUT2D eigenvalue weighted by molar-refractivity contribution is 7.93. The topological polar surface area (TPSA) is 49.4 Å². The van der Waals surface area contributed by atoms with Crippen LogP contribution in [0.1, 0.15) is 25.3 Å². The average molecular weight is 282 g/mol. The predicted molar refractivity (Wildman–Crippen MR) is 79.0 cm³/mol. The molecule has 0 aromatic heterocycles. The number of benzene rings is 1. The molecule has 0 amide bonds. The van der Waals surface area contributed by atoms with Crippen molar-refractivity contribution in [2.45, 2.75) is 38.0 Å². The number of nitrogens with zero attached hydrogens (tertiary/aromatic N) is 1. The molecule has 19 heavy (non-hydrogen) atoms. The van der Waals surface area contributed by atoms with Crippen LogP contribution in [0.3, 0.4) is 0 Å². The Morgan fingerprint density at radius 2 is 2.00 bits per heavy atom. The summed E-state index contributed by atoms with van der Waals surface area (Å²) in [6.07, 6.45) is 2.33. The lowest BCUT2D eigenvalue weighted by atomic mass is 10.2. The Labute approximate surface area is 115 Å². The van der Waals surface area contributed by atoms with Crippen LogP contribution in [0.4, 0.5) is 5.69 Å². The van der Waals surface area contributed by atoms with Crippen LogP contribution in [0, 0.1) is 6.92 Å². The fourth-order valence-electron chi connectivity index (χ4n) is 2.05. The van der Waals surface area contributed by atoms with Crippen molar-refractivity contribution >= 4 is 15.7 Å². The highest BCUT2D eigenvalue weighted by atomic mass is 32.2. The Balaban J connectivity index is 2.11. The van der Waals surface area contributed by atoms with Gasteiger partial charge in [0.1, 0.15) is 0 Å². The molecule has 1 aliphatic carbocycles. The van der Waals surface area contributed by atoms with E-state index in [2.05, 4.69) is 5.32 Å². The lowest BCUT2D eigenvalue weighted by molar-refractivity contribution is 0.569. The van der Waals surface area contributed by atoms with Gasteiger partial charge in [-0.25, -0.2) is 8.42 Å². The lowest BCUT2D eigenvalue weighted by Gasteiger charge is -2.25. The highest BCUT2D eigenvalue weighted by Gasteiger charge is 2.29. The summed E-state index contributed by atoms with van der Waals surface area (Å²) < 4.78 is 26.4. The minimum absolute atomic E-state index is 0.419. The highest BCUT2D eigenvalue weighted by Crippen LogP contribution is 2.23. The molecule has 1 aliphatic rings. The molecule has 1 saturated carbocycles. The van der Waals surface area contributed by atoms with Crippen LogP contribution in [-0.2, 0) is 10.0 Å². The largest absolute Gasteiger partial charge is 0.313 e. The van der Waals surface area contributed by atoms with Gasteiger partial charge >= 0.3 is 0 Å². The second-order valence-electron chi connectivity index (χ2n) is 5.29. The van der Waals surface area contributed by atoms with E-state index < -0.39 is 15.3 Å². The van der Waals surface area contributed by atoms with Gasteiger partial charge in [0, 0.05) is 19.6 Å². The molecule has 4 nitrogen and oxygen atoms in total. The van der Waals surface area contributed by atoms with E-state index in [4.69, 9.17) is 0 Å². The first kappa shape index (κ1) is 14.3. The molecule has 1 aromatic carbocycles. The summed E-state index contributed by atoms with van der Waals surface area (Å²) in [5.41, 5.74) is 1.72. The Kier molecular flexibility index (Phi) is 4.16. The maximum Gasteiger partial charge on any atom is 0.238 e. The molecule has 2 rings (SSSR count). The molecule has 0 aliphatic heterocycles. The summed E-state index contributed by atoms with van der Waals surface area (Å²) in [5.74, 6) is 0. The molecule has 1 N–H and O–H groups in total. The van der Waals surface area contributed by atoms with Crippen molar-refractivity contribution in [3.8, 4) is 0 Å². The lowest BCUT2D eigenvalue weighted by Crippen LogP contribution is -2.41. The Bertz CT molecular complexity index is 538. The van der Waals surface area contributed by atoms with Crippen molar-refractivity contribution in [3.63, 3.8) is 0 Å². The van der Waals surface area contributed by atoms with E-state index >= 15 is 0 Å². The van der Waals surface area contributed by atoms with E-state index in [9.17, 15) is 8.42 Å². The van der Waals surface area contributed by atoms with Gasteiger partial charge in [0.05, 0.1) is 10.9 Å². The maximum atomic E-state index is 12.5. The number of anilines is 1. The molecule has 1 aromatic rings. The molecular weight excluding hydrogens is 260 g/mol. The van der Waals surface area contributed by atoms with Crippen molar-refractivity contribution < 1.29 is 8.42 Å². The number of para-hydroxylation sites is 1. The minimum atomic E-state index is -3.31. The van der Waals surface area contributed by atoms with Crippen LogP contribution in [0.15, 0.2) is 24.3 Å². The van der Waals surface area contributed by atoms with E-state index in [0.717, 1.165) is 11.3 Å². The van der Waals surface area contributed by atoms with E-state index in [1.54, 1.807) is 14.0 Å². The van der Waals surface area contributed by atoms with Gasteiger partial charge in [0.25, 0.3) is 0 Å². The van der Waals surface area contributed by atoms with Crippen molar-refractivity contribution in [2.75, 3.05) is 17.9 Å². The zero-order chi connectivity index (χ0) is 14.0. The zero-order valence-corrected chi connectivity index (χ0v) is 12.6. The van der Waals surface area contributed by atoms with Crippen molar-refractivity contribution in [1.82, 2.24) is 5.32 Å². The smallest absolute Gasteiger partial charge is 0.238 e. The molecule has 1 fully saturated rings. The number of hydrogen-bond donors (Lipinski definition) is 1. The Hall–Kier alpha value is -1.07. The molecule has 0 heterocycles. The number of aryl methyl sites for hydroxylation is 1. The monoisotopic (exact) mass is 282 g/mol. The first-order valence-corrected chi connectivity index (χ1v) is 8.20. The van der Waals surface area contributed by atoms with Gasteiger partial charge < -0.3 is 5.32 Å². The zero-order valence-electron chi connectivity index (χ0n) is 11.8. The molecule has 106 valence electrons. The van der Waals surface area contributed by atoms with Gasteiger partial charge in [-0.3, -0.25) is 4.31 Å². The van der Waals surface area contributed by atoms with Crippen molar-refractivity contribution in [3.05, 3.63) is 29.8 Å². The fraction of sp³-hybridized carbons (Fsp3) is 0.571. The predicted octanol–water partition coefficient (Wildman–Crippen LogP) is 1.90. The second-order valence-corrected chi connectivity index (χ2v) is 7.67. The van der Waals surface area contributed by atoms with Crippen LogP contribution >= 0.6 is 0 Å². The van der Waals surface area contributed by atoms with Crippen LogP contribution in [0.5, 0.6) is 0 Å². The van der Waals surface area contributed by atoms with Crippen LogP contribution in [0.25, 0.3) is 0 Å². The second kappa shape index (κ2) is 5.51. The molecule has 5 heteroatoms. The van der Waals surface area contributed by atoms with Gasteiger partial charge in [-0.15, -0.1) is 0 Å². The Morgan fingerprint density at radius 3 is 2.58 bits per heavy atom. The summed E-state index contributed by atoms with van der Waals surface area (Å²) in [6.45, 7) is 4.21. The molecule has 0 spiro atoms. The van der Waals surface area contributed by atoms with E-state index in [1.165, 1.54) is 17.1 Å². The standard InChI is InChI=1S/C14H22N2O2S/c1-11-6-4-5-7-14(11)16(3)19(17,18)12(2)10-15-13-8-9-13/h4-7,12-13,15H,8-10H2,1-3H3. The van der Waals surface area contributed by atoms with E-state index in [1.807, 2.05) is 31.2 Å². The molecule has 1 unspecified atom stereocenters. The minimum Gasteiger partial charge on any atom is -0.313 e. The van der Waals surface area contributed by atoms with Gasteiger partial charge in [0.15, 0.2) is 0 Å². The summed E-state index contributed by atoms with van der Waals surface area (Å²) in [7, 11) is -1.68. The van der Waals surface area contributed by atoms with Gasteiger partial charge in [-0.2, -0.15) is 0 Å². The number of rotatable bonds is 6. The molecular formula is C14H22N2O2S. The normalized spacial score (nSPS) is 17.2. The number of hydrogen-bond acceptors (Lipinski definition) is 3. The van der Waals surface area contributed by atoms with Crippen LogP contribution in [0.2, 0.25) is 0 Å². The first-order chi connectivity index (χ1) is 8.93. The summed E-state index contributed by atoms with van der Waals surface area (Å²) in [5, 5.41) is 2.86. The quantitative estimate of drug-likeness (QED) is 0.867. The SMILES string of the molecule is Cc1ccccc1N(C)S(=O)(=O)C(C)CNC1CC1. The summed E-state index contributed by atoms with van der Waals surface area (Å²) in [4.78, 5) is 0. The molecule has 0 saturated heterocycles. The third-order valence-electron chi connectivity index (χ3n) is 3.62. The first-order valence-electron chi connectivity index (χ1n) is 6.69. The maximum absolute atomic E-state index is 12.5. The van der Waals surface area contributed by atoms with Gasteiger partial charge in [-0.05, 0) is 38.3 Å². The van der Waals surface area contributed by atoms with Gasteiger partial charge in [0.2, 0.25) is 10.0 Å². The number of sulfonamides is 1. The average Bonchev–Trinajstić information content (AvgIpc) is 3.19. The Morgan fingerprint density at radius 1 is 1.37 bits per heavy atom. The fourth-order valence-corrected chi connectivity index (χ4v) is 3.37. The van der Waals surface area contributed by atoms with Crippen molar-refractivity contribution in [1.29, 1.82) is 0 Å². The van der Waals surface area contributed by atoms with Crippen molar-refractivity contribution in [2.24, 2.45) is 0 Å².